The van der Waals surface area contributed by atoms with Gasteiger partial charge in [-0.3, -0.25) is 0 Å². The van der Waals surface area contributed by atoms with E-state index in [1.54, 1.807) is 0 Å². The molecule has 4 N–H and O–H groups in total. The smallest absolute Gasteiger partial charge is 0.337 e. The van der Waals surface area contributed by atoms with Gasteiger partial charge in [-0.2, -0.15) is 0 Å². The highest BCUT2D eigenvalue weighted by Gasteiger charge is 2.24. The molecule has 5 nitrogen and oxygen atoms in total. The van der Waals surface area contributed by atoms with Gasteiger partial charge >= 0.3 is 5.97 Å². The minimum absolute atomic E-state index is 0.0428. The van der Waals surface area contributed by atoms with Crippen molar-refractivity contribution in [1.82, 2.24) is 4.98 Å². The van der Waals surface area contributed by atoms with Gasteiger partial charge in [0.1, 0.15) is 5.82 Å². The zero-order chi connectivity index (χ0) is 13.8. The van der Waals surface area contributed by atoms with Gasteiger partial charge in [-0.25, -0.2) is 9.78 Å². The van der Waals surface area contributed by atoms with Crippen LogP contribution >= 0.6 is 0 Å². The van der Waals surface area contributed by atoms with Crippen molar-refractivity contribution in [2.45, 2.75) is 45.6 Å². The predicted molar refractivity (Wildman–Crippen MR) is 72.8 cm³/mol. The van der Waals surface area contributed by atoms with Gasteiger partial charge in [0.05, 0.1) is 17.4 Å². The molecule has 0 aliphatic heterocycles. The number of nitrogens with zero attached hydrogens (tertiary/aromatic N) is 1. The maximum absolute atomic E-state index is 11.0. The second-order valence-electron chi connectivity index (χ2n) is 4.43. The number of hydrogen-bond acceptors (Lipinski definition) is 4. The largest absolute Gasteiger partial charge is 0.478 e. The maximum atomic E-state index is 11.0. The molecule has 0 amide bonds. The van der Waals surface area contributed by atoms with Crippen LogP contribution in [0.15, 0.2) is 12.3 Å². The average Bonchev–Trinajstić information content (AvgIpc) is 2.38. The van der Waals surface area contributed by atoms with Crippen molar-refractivity contribution in [2.24, 2.45) is 0 Å². The number of nitrogen functional groups attached to an aromatic ring is 1. The fourth-order valence-corrected chi connectivity index (χ4v) is 2.01. The molecule has 0 spiro atoms. The van der Waals surface area contributed by atoms with Crippen LogP contribution in [-0.2, 0) is 0 Å². The average molecular weight is 251 g/mol. The second kappa shape index (κ2) is 5.71. The Kier molecular flexibility index (Phi) is 4.53. The van der Waals surface area contributed by atoms with Crippen LogP contribution in [-0.4, -0.2) is 21.6 Å². The van der Waals surface area contributed by atoms with Gasteiger partial charge in [-0.1, -0.05) is 20.8 Å². The zero-order valence-electron chi connectivity index (χ0n) is 11.2. The van der Waals surface area contributed by atoms with Crippen molar-refractivity contribution >= 4 is 17.5 Å². The van der Waals surface area contributed by atoms with E-state index in [2.05, 4.69) is 31.1 Å². The Morgan fingerprint density at radius 1 is 1.39 bits per heavy atom. The first kappa shape index (κ1) is 14.3. The van der Waals surface area contributed by atoms with E-state index in [0.717, 1.165) is 19.3 Å². The summed E-state index contributed by atoms with van der Waals surface area (Å²) in [5.41, 5.74) is 5.81. The summed E-state index contributed by atoms with van der Waals surface area (Å²) in [4.78, 5) is 15.2. The highest BCUT2D eigenvalue weighted by Crippen LogP contribution is 2.25. The van der Waals surface area contributed by atoms with Gasteiger partial charge in [-0.05, 0) is 25.3 Å². The summed E-state index contributed by atoms with van der Waals surface area (Å²) in [6.45, 7) is 6.32. The molecule has 1 aromatic rings. The molecule has 1 rings (SSSR count). The van der Waals surface area contributed by atoms with E-state index >= 15 is 0 Å². The van der Waals surface area contributed by atoms with E-state index in [-0.39, 0.29) is 16.8 Å². The molecule has 0 saturated carbocycles. The zero-order valence-corrected chi connectivity index (χ0v) is 11.2. The Labute approximate surface area is 107 Å². The first-order valence-electron chi connectivity index (χ1n) is 6.25. The molecule has 0 bridgehead atoms. The van der Waals surface area contributed by atoms with E-state index in [9.17, 15) is 4.79 Å². The van der Waals surface area contributed by atoms with Crippen LogP contribution in [0.2, 0.25) is 0 Å². The van der Waals surface area contributed by atoms with Crippen LogP contribution in [0, 0.1) is 0 Å². The van der Waals surface area contributed by atoms with Crippen molar-refractivity contribution in [3.8, 4) is 0 Å². The molecule has 100 valence electrons. The summed E-state index contributed by atoms with van der Waals surface area (Å²) in [6.07, 6.45) is 4.24. The predicted octanol–water partition coefficient (Wildman–Crippen LogP) is 2.74. The number of aromatic carboxylic acids is 1. The summed E-state index contributed by atoms with van der Waals surface area (Å²) in [6, 6.07) is 1.49. The van der Waals surface area contributed by atoms with Crippen LogP contribution < -0.4 is 11.1 Å². The summed E-state index contributed by atoms with van der Waals surface area (Å²) < 4.78 is 0. The van der Waals surface area contributed by atoms with Crippen molar-refractivity contribution in [2.75, 3.05) is 11.1 Å². The molecule has 0 atom stereocenters. The SMILES string of the molecule is CCC(CC)(CC)Nc1cc(C(=O)O)c(N)cn1. The van der Waals surface area contributed by atoms with E-state index in [0.29, 0.717) is 5.82 Å². The van der Waals surface area contributed by atoms with Crippen molar-refractivity contribution in [3.05, 3.63) is 17.8 Å². The van der Waals surface area contributed by atoms with E-state index in [4.69, 9.17) is 10.8 Å². The number of anilines is 2. The van der Waals surface area contributed by atoms with Crippen LogP contribution in [0.25, 0.3) is 0 Å². The molecule has 5 heteroatoms. The Morgan fingerprint density at radius 3 is 2.39 bits per heavy atom. The number of carboxylic acids is 1. The van der Waals surface area contributed by atoms with Crippen LogP contribution in [0.4, 0.5) is 11.5 Å². The Balaban J connectivity index is 3.04. The first-order chi connectivity index (χ1) is 8.48. The minimum Gasteiger partial charge on any atom is -0.478 e. The highest BCUT2D eigenvalue weighted by molar-refractivity contribution is 5.94. The molecule has 0 aliphatic carbocycles. The second-order valence-corrected chi connectivity index (χ2v) is 4.43. The normalized spacial score (nSPS) is 11.3. The Morgan fingerprint density at radius 2 is 1.94 bits per heavy atom. The highest BCUT2D eigenvalue weighted by atomic mass is 16.4. The number of carbonyl (C=O) groups is 1. The van der Waals surface area contributed by atoms with Crippen LogP contribution in [0.5, 0.6) is 0 Å². The van der Waals surface area contributed by atoms with Gasteiger partial charge in [0.15, 0.2) is 0 Å². The third kappa shape index (κ3) is 2.91. The van der Waals surface area contributed by atoms with Gasteiger partial charge in [0.2, 0.25) is 0 Å². The van der Waals surface area contributed by atoms with Crippen molar-refractivity contribution in [3.63, 3.8) is 0 Å². The number of rotatable bonds is 6. The molecule has 0 saturated heterocycles. The lowest BCUT2D eigenvalue weighted by Gasteiger charge is -2.32. The molecule has 18 heavy (non-hydrogen) atoms. The molecule has 0 aliphatic rings. The van der Waals surface area contributed by atoms with Crippen LogP contribution in [0.1, 0.15) is 50.4 Å². The van der Waals surface area contributed by atoms with E-state index in [1.807, 2.05) is 0 Å². The molecule has 0 aromatic carbocycles. The lowest BCUT2D eigenvalue weighted by atomic mass is 9.90. The fourth-order valence-electron chi connectivity index (χ4n) is 2.01. The number of aromatic nitrogens is 1. The van der Waals surface area contributed by atoms with Gasteiger partial charge in [0.25, 0.3) is 0 Å². The monoisotopic (exact) mass is 251 g/mol. The number of carboxylic acid groups (broad SMARTS) is 1. The quantitative estimate of drug-likeness (QED) is 0.723. The molecule has 0 unspecified atom stereocenters. The standard InChI is InChI=1S/C13H21N3O2/c1-4-13(5-2,6-3)16-11-7-9(12(17)18)10(14)8-15-11/h7-8H,4-6,14H2,1-3H3,(H,15,16)(H,17,18). The molecular formula is C13H21N3O2. The third-order valence-corrected chi connectivity index (χ3v) is 3.59. The van der Waals surface area contributed by atoms with E-state index < -0.39 is 5.97 Å². The fraction of sp³-hybridized carbons (Fsp3) is 0.538. The maximum Gasteiger partial charge on any atom is 0.337 e. The lowest BCUT2D eigenvalue weighted by molar-refractivity contribution is 0.0698. The molecule has 0 radical (unpaired) electrons. The Hall–Kier alpha value is -1.78. The first-order valence-corrected chi connectivity index (χ1v) is 6.25. The molecule has 0 fully saturated rings. The molecular weight excluding hydrogens is 230 g/mol. The summed E-state index contributed by atoms with van der Waals surface area (Å²) >= 11 is 0. The molecule has 1 aromatic heterocycles. The topological polar surface area (TPSA) is 88.2 Å². The van der Waals surface area contributed by atoms with Crippen molar-refractivity contribution in [1.29, 1.82) is 0 Å². The van der Waals surface area contributed by atoms with E-state index in [1.165, 1.54) is 12.3 Å². The van der Waals surface area contributed by atoms with Gasteiger partial charge in [-0.15, -0.1) is 0 Å². The number of pyridine rings is 1. The minimum atomic E-state index is -1.03. The van der Waals surface area contributed by atoms with Gasteiger partial charge < -0.3 is 16.2 Å². The number of nitrogens with two attached hydrogens (primary N) is 1. The van der Waals surface area contributed by atoms with Gasteiger partial charge in [0, 0.05) is 5.54 Å². The molecule has 1 heterocycles. The third-order valence-electron chi connectivity index (χ3n) is 3.59. The van der Waals surface area contributed by atoms with Crippen molar-refractivity contribution < 1.29 is 9.90 Å². The summed E-state index contributed by atoms with van der Waals surface area (Å²) in [5, 5.41) is 12.4. The summed E-state index contributed by atoms with van der Waals surface area (Å²) in [5.74, 6) is -0.472. The number of nitrogens with one attached hydrogen (secondary N) is 1. The Bertz CT molecular complexity index is 420. The lowest BCUT2D eigenvalue weighted by Crippen LogP contribution is -2.36. The van der Waals surface area contributed by atoms with Crippen LogP contribution in [0.3, 0.4) is 0 Å². The number of hydrogen-bond donors (Lipinski definition) is 3. The summed E-state index contributed by atoms with van der Waals surface area (Å²) in [7, 11) is 0.